The molecule has 28 heavy (non-hydrogen) atoms. The Morgan fingerprint density at radius 1 is 0.536 bits per heavy atom. The van der Waals surface area contributed by atoms with Gasteiger partial charge in [-0.1, -0.05) is 48.4 Å². The third kappa shape index (κ3) is 4.30. The molecule has 4 nitrogen and oxygen atoms in total. The van der Waals surface area contributed by atoms with Crippen LogP contribution in [0.3, 0.4) is 0 Å². The summed E-state index contributed by atoms with van der Waals surface area (Å²) < 4.78 is 24.0. The van der Waals surface area contributed by atoms with E-state index in [1.807, 2.05) is 24.1 Å². The van der Waals surface area contributed by atoms with Gasteiger partial charge in [-0.15, -0.1) is 0 Å². The summed E-state index contributed by atoms with van der Waals surface area (Å²) in [6.07, 6.45) is 4.06. The smallest absolute Gasteiger partial charge is 0.400 e. The molecule has 3 rings (SSSR count). The largest absolute Gasteiger partial charge is 0.487 e. The number of rotatable bonds is 4. The fourth-order valence-electron chi connectivity index (χ4n) is 3.03. The summed E-state index contributed by atoms with van der Waals surface area (Å²) >= 11 is 0. The molecule has 0 amide bonds. The Labute approximate surface area is 170 Å². The average Bonchev–Trinajstić information content (AvgIpc) is 2.91. The van der Waals surface area contributed by atoms with Gasteiger partial charge in [-0.05, 0) is 66.5 Å². The van der Waals surface area contributed by atoms with Crippen molar-refractivity contribution in [1.82, 2.24) is 0 Å². The van der Waals surface area contributed by atoms with Crippen molar-refractivity contribution in [2.45, 2.75) is 77.8 Å². The zero-order valence-electron chi connectivity index (χ0n) is 18.4. The topological polar surface area (TPSA) is 36.9 Å². The van der Waals surface area contributed by atoms with Crippen LogP contribution in [0, 0.1) is 0 Å². The van der Waals surface area contributed by atoms with Gasteiger partial charge in [0.1, 0.15) is 0 Å². The van der Waals surface area contributed by atoms with Crippen LogP contribution in [-0.2, 0) is 18.6 Å². The van der Waals surface area contributed by atoms with Crippen molar-refractivity contribution in [1.29, 1.82) is 0 Å². The maximum absolute atomic E-state index is 5.99. The molecule has 2 saturated heterocycles. The molecule has 0 spiro atoms. The second-order valence-electron chi connectivity index (χ2n) is 9.63. The first-order chi connectivity index (χ1) is 12.8. The lowest BCUT2D eigenvalue weighted by Crippen LogP contribution is -2.41. The van der Waals surface area contributed by atoms with Crippen molar-refractivity contribution in [2.24, 2.45) is 0 Å². The van der Waals surface area contributed by atoms with Gasteiger partial charge >= 0.3 is 14.2 Å². The van der Waals surface area contributed by atoms with E-state index in [0.717, 1.165) is 11.1 Å². The SMILES string of the molecule is CC1(C)OB(/C=C/c2ccc(/C=C/B3OC(C)(C)C(C)(C)O3)cc2)OC1(C)C. The van der Waals surface area contributed by atoms with Gasteiger partial charge in [0.2, 0.25) is 0 Å². The minimum absolute atomic E-state index is 0.315. The predicted molar refractivity (Wildman–Crippen MR) is 117 cm³/mol. The van der Waals surface area contributed by atoms with E-state index in [4.69, 9.17) is 18.6 Å². The maximum Gasteiger partial charge on any atom is 0.487 e. The van der Waals surface area contributed by atoms with Crippen LogP contribution in [0.5, 0.6) is 0 Å². The van der Waals surface area contributed by atoms with Gasteiger partial charge in [0.05, 0.1) is 22.4 Å². The third-order valence-corrected chi connectivity index (χ3v) is 6.37. The molecule has 0 unspecified atom stereocenters. The fourth-order valence-corrected chi connectivity index (χ4v) is 3.03. The zero-order valence-corrected chi connectivity index (χ0v) is 18.4. The van der Waals surface area contributed by atoms with Crippen molar-refractivity contribution >= 4 is 26.4 Å². The minimum atomic E-state index is -0.326. The Hall–Kier alpha value is -1.33. The van der Waals surface area contributed by atoms with Crippen LogP contribution in [0.4, 0.5) is 0 Å². The summed E-state index contributed by atoms with van der Waals surface area (Å²) in [7, 11) is -0.652. The molecule has 2 heterocycles. The Morgan fingerprint density at radius 2 is 0.786 bits per heavy atom. The monoisotopic (exact) mass is 382 g/mol. The summed E-state index contributed by atoms with van der Waals surface area (Å²) in [5.74, 6) is 3.93. The minimum Gasteiger partial charge on any atom is -0.400 e. The van der Waals surface area contributed by atoms with Gasteiger partial charge in [-0.2, -0.15) is 0 Å². The fraction of sp³-hybridized carbons (Fsp3) is 0.545. The molecule has 0 radical (unpaired) electrons. The quantitative estimate of drug-likeness (QED) is 0.689. The first kappa shape index (κ1) is 21.4. The van der Waals surface area contributed by atoms with Gasteiger partial charge in [0, 0.05) is 0 Å². The van der Waals surface area contributed by atoms with Gasteiger partial charge < -0.3 is 18.6 Å². The van der Waals surface area contributed by atoms with Crippen LogP contribution in [0.1, 0.15) is 66.5 Å². The molecule has 1 aromatic rings. The first-order valence-electron chi connectivity index (χ1n) is 9.99. The zero-order chi connectivity index (χ0) is 20.8. The predicted octanol–water partition coefficient (Wildman–Crippen LogP) is 4.98. The number of benzene rings is 1. The molecule has 2 aliphatic rings. The van der Waals surface area contributed by atoms with E-state index < -0.39 is 0 Å². The summed E-state index contributed by atoms with van der Waals surface area (Å²) in [4.78, 5) is 0. The van der Waals surface area contributed by atoms with Gasteiger partial charge in [0.25, 0.3) is 0 Å². The molecule has 0 N–H and O–H groups in total. The second kappa shape index (κ2) is 7.17. The maximum atomic E-state index is 5.99. The normalized spacial score (nSPS) is 25.3. The lowest BCUT2D eigenvalue weighted by atomic mass is 9.88. The van der Waals surface area contributed by atoms with E-state index in [0.29, 0.717) is 0 Å². The Morgan fingerprint density at radius 3 is 1.04 bits per heavy atom. The van der Waals surface area contributed by atoms with E-state index in [2.05, 4.69) is 79.7 Å². The van der Waals surface area contributed by atoms with Crippen molar-refractivity contribution < 1.29 is 18.6 Å². The molecular formula is C22H32B2O4. The Bertz CT molecular complexity index is 666. The summed E-state index contributed by atoms with van der Waals surface area (Å²) in [6.45, 7) is 16.5. The van der Waals surface area contributed by atoms with E-state index in [9.17, 15) is 0 Å². The molecule has 1 aromatic carbocycles. The number of hydrogen-bond donors (Lipinski definition) is 0. The van der Waals surface area contributed by atoms with Crippen molar-refractivity contribution in [2.75, 3.05) is 0 Å². The molecule has 0 atom stereocenters. The number of hydrogen-bond acceptors (Lipinski definition) is 4. The van der Waals surface area contributed by atoms with Crippen molar-refractivity contribution in [3.8, 4) is 0 Å². The van der Waals surface area contributed by atoms with Crippen LogP contribution in [-0.4, -0.2) is 36.6 Å². The molecule has 150 valence electrons. The molecule has 0 aromatic heterocycles. The first-order valence-corrected chi connectivity index (χ1v) is 9.99. The van der Waals surface area contributed by atoms with E-state index in [1.54, 1.807) is 0 Å². The van der Waals surface area contributed by atoms with Crippen molar-refractivity contribution in [3.05, 3.63) is 47.3 Å². The van der Waals surface area contributed by atoms with Crippen LogP contribution >= 0.6 is 0 Å². The van der Waals surface area contributed by atoms with E-state index in [1.165, 1.54) is 0 Å². The summed E-state index contributed by atoms with van der Waals surface area (Å²) in [5.41, 5.74) is 0.938. The lowest BCUT2D eigenvalue weighted by Gasteiger charge is -2.32. The third-order valence-electron chi connectivity index (χ3n) is 6.37. The van der Waals surface area contributed by atoms with Crippen molar-refractivity contribution in [3.63, 3.8) is 0 Å². The van der Waals surface area contributed by atoms with Gasteiger partial charge in [-0.3, -0.25) is 0 Å². The highest BCUT2D eigenvalue weighted by Crippen LogP contribution is 2.38. The summed E-state index contributed by atoms with van der Waals surface area (Å²) in [6, 6.07) is 8.30. The Balaban J connectivity index is 1.59. The Kier molecular flexibility index (Phi) is 5.48. The second-order valence-corrected chi connectivity index (χ2v) is 9.63. The van der Waals surface area contributed by atoms with Gasteiger partial charge in [-0.25, -0.2) is 0 Å². The standard InChI is InChI=1S/C22H32B2O4/c1-19(2)20(3,4)26-23(25-19)15-13-17-9-11-18(12-10-17)14-16-24-27-21(5,6)22(7,8)28-24/h9-16H,1-8H3/b15-13+,16-14+. The van der Waals surface area contributed by atoms with Crippen LogP contribution in [0.25, 0.3) is 12.2 Å². The van der Waals surface area contributed by atoms with Crippen LogP contribution in [0.2, 0.25) is 0 Å². The molecular weight excluding hydrogens is 350 g/mol. The summed E-state index contributed by atoms with van der Waals surface area (Å²) in [5, 5.41) is 0. The van der Waals surface area contributed by atoms with Crippen LogP contribution < -0.4 is 0 Å². The van der Waals surface area contributed by atoms with E-state index in [-0.39, 0.29) is 36.6 Å². The highest BCUT2D eigenvalue weighted by molar-refractivity contribution is 6.53. The van der Waals surface area contributed by atoms with Gasteiger partial charge in [0.15, 0.2) is 0 Å². The molecule has 6 heteroatoms. The van der Waals surface area contributed by atoms with E-state index >= 15 is 0 Å². The molecule has 0 aliphatic carbocycles. The highest BCUT2D eigenvalue weighted by atomic mass is 16.7. The highest BCUT2D eigenvalue weighted by Gasteiger charge is 2.50. The van der Waals surface area contributed by atoms with Crippen LogP contribution in [0.15, 0.2) is 36.2 Å². The molecule has 0 bridgehead atoms. The average molecular weight is 382 g/mol. The molecule has 2 fully saturated rings. The lowest BCUT2D eigenvalue weighted by molar-refractivity contribution is 0.00578. The molecule has 0 saturated carbocycles. The molecule has 2 aliphatic heterocycles.